The summed E-state index contributed by atoms with van der Waals surface area (Å²) in [7, 11) is 3.31. The van der Waals surface area contributed by atoms with Gasteiger partial charge >= 0.3 is 9.53 Å². The van der Waals surface area contributed by atoms with Crippen LogP contribution in [0, 0.1) is 0 Å². The summed E-state index contributed by atoms with van der Waals surface area (Å²) in [5.41, 5.74) is 0. The van der Waals surface area contributed by atoms with Gasteiger partial charge in [-0.1, -0.05) is 0 Å². The maximum atomic E-state index is 4.71. The first-order valence-electron chi connectivity index (χ1n) is 1.84. The van der Waals surface area contributed by atoms with Gasteiger partial charge in [-0.05, 0) is 0 Å². The van der Waals surface area contributed by atoms with E-state index in [1.54, 1.807) is 21.3 Å². The van der Waals surface area contributed by atoms with Crippen LogP contribution < -0.4 is 0 Å². The van der Waals surface area contributed by atoms with Crippen molar-refractivity contribution in [2.45, 2.75) is 0 Å². The molecule has 8 heavy (non-hydrogen) atoms. The standard InChI is InChI=1S/C3H9O3Si.W/c1-4-7(5-2)6-3;/h1-3H3;. The van der Waals surface area contributed by atoms with Gasteiger partial charge in [-0.15, -0.1) is 0 Å². The number of rotatable bonds is 3. The zero-order valence-corrected chi connectivity index (χ0v) is 9.07. The van der Waals surface area contributed by atoms with Crippen molar-refractivity contribution >= 4 is 9.53 Å². The molecule has 0 amide bonds. The van der Waals surface area contributed by atoms with Crippen molar-refractivity contribution in [1.82, 2.24) is 0 Å². The molecule has 0 atom stereocenters. The van der Waals surface area contributed by atoms with Gasteiger partial charge in [0, 0.05) is 42.4 Å². The van der Waals surface area contributed by atoms with Crippen LogP contribution in [0.1, 0.15) is 0 Å². The molecule has 0 saturated carbocycles. The summed E-state index contributed by atoms with van der Waals surface area (Å²) >= 11 is 0. The Morgan fingerprint density at radius 3 is 1.12 bits per heavy atom. The van der Waals surface area contributed by atoms with Crippen LogP contribution in [0.15, 0.2) is 0 Å². The first-order valence-corrected chi connectivity index (χ1v) is 3.06. The molecule has 0 bridgehead atoms. The van der Waals surface area contributed by atoms with Gasteiger partial charge in [0.15, 0.2) is 0 Å². The van der Waals surface area contributed by atoms with Crippen LogP contribution in [-0.4, -0.2) is 30.9 Å². The third-order valence-corrected chi connectivity index (χ3v) is 1.50. The summed E-state index contributed by atoms with van der Waals surface area (Å²) in [6.45, 7) is 0. The van der Waals surface area contributed by atoms with Crippen LogP contribution in [0.5, 0.6) is 0 Å². The minimum absolute atomic E-state index is 0. The molecule has 0 N–H and O–H groups in total. The van der Waals surface area contributed by atoms with Crippen molar-refractivity contribution in [2.24, 2.45) is 0 Å². The minimum atomic E-state index is -1.36. The Bertz CT molecular complexity index is 36.0. The summed E-state index contributed by atoms with van der Waals surface area (Å²) in [6.07, 6.45) is 0. The molecular formula is C3H9O3SiW. The quantitative estimate of drug-likeness (QED) is 0.682. The Balaban J connectivity index is 0. The van der Waals surface area contributed by atoms with Crippen molar-refractivity contribution in [3.05, 3.63) is 0 Å². The second kappa shape index (κ2) is 7.79. The SMILES string of the molecule is CO[Si](OC)OC.[W]. The molecule has 49 valence electrons. The molecule has 0 saturated heterocycles. The normalized spacial score (nSPS) is 9.00. The molecule has 0 unspecified atom stereocenters. The first kappa shape index (κ1) is 11.6. The van der Waals surface area contributed by atoms with Gasteiger partial charge in [0.1, 0.15) is 0 Å². The Morgan fingerprint density at radius 2 is 1.12 bits per heavy atom. The van der Waals surface area contributed by atoms with Crippen molar-refractivity contribution in [3.8, 4) is 0 Å². The maximum absolute atomic E-state index is 4.71. The largest absolute Gasteiger partial charge is 0.576 e. The number of hydrogen-bond donors (Lipinski definition) is 0. The van der Waals surface area contributed by atoms with E-state index in [0.717, 1.165) is 0 Å². The average Bonchev–Trinajstić information content (AvgIpc) is 1.72. The summed E-state index contributed by atoms with van der Waals surface area (Å²) in [4.78, 5) is 0. The van der Waals surface area contributed by atoms with E-state index in [1.165, 1.54) is 0 Å². The molecule has 5 heteroatoms. The smallest absolute Gasteiger partial charge is 0.375 e. The molecule has 0 heterocycles. The van der Waals surface area contributed by atoms with E-state index in [0.29, 0.717) is 0 Å². The average molecular weight is 305 g/mol. The molecular weight excluding hydrogens is 296 g/mol. The van der Waals surface area contributed by atoms with Gasteiger partial charge in [0.05, 0.1) is 0 Å². The predicted molar refractivity (Wildman–Crippen MR) is 26.8 cm³/mol. The predicted octanol–water partition coefficient (Wildman–Crippen LogP) is -0.0920. The maximum Gasteiger partial charge on any atom is 0.576 e. The number of hydrogen-bond acceptors (Lipinski definition) is 3. The second-order valence-electron chi connectivity index (χ2n) is 0.862. The zero-order chi connectivity index (χ0) is 5.70. The third kappa shape index (κ3) is 4.93. The Hall–Kier alpha value is 0.785. The second-order valence-corrected chi connectivity index (χ2v) is 2.59. The third-order valence-electron chi connectivity index (χ3n) is 0.500. The van der Waals surface area contributed by atoms with Crippen LogP contribution in [0.25, 0.3) is 0 Å². The van der Waals surface area contributed by atoms with Crippen molar-refractivity contribution in [3.63, 3.8) is 0 Å². The fraction of sp³-hybridized carbons (Fsp3) is 1.00. The van der Waals surface area contributed by atoms with Crippen molar-refractivity contribution in [1.29, 1.82) is 0 Å². The van der Waals surface area contributed by atoms with E-state index in [9.17, 15) is 0 Å². The van der Waals surface area contributed by atoms with E-state index in [2.05, 4.69) is 0 Å². The zero-order valence-electron chi connectivity index (χ0n) is 5.13. The summed E-state index contributed by atoms with van der Waals surface area (Å²) in [5.74, 6) is 0. The van der Waals surface area contributed by atoms with Crippen LogP contribution in [0.2, 0.25) is 0 Å². The fourth-order valence-corrected chi connectivity index (χ4v) is 0.750. The molecule has 3 nitrogen and oxygen atoms in total. The van der Waals surface area contributed by atoms with Gasteiger partial charge < -0.3 is 13.3 Å². The summed E-state index contributed by atoms with van der Waals surface area (Å²) in [5, 5.41) is 0. The Morgan fingerprint density at radius 1 is 0.875 bits per heavy atom. The van der Waals surface area contributed by atoms with Gasteiger partial charge in [0.25, 0.3) is 0 Å². The molecule has 0 spiro atoms. The molecule has 0 aromatic rings. The molecule has 0 rings (SSSR count). The van der Waals surface area contributed by atoms with E-state index >= 15 is 0 Å². The van der Waals surface area contributed by atoms with E-state index < -0.39 is 9.53 Å². The first-order chi connectivity index (χ1) is 3.35. The topological polar surface area (TPSA) is 27.7 Å². The van der Waals surface area contributed by atoms with E-state index in [1.807, 2.05) is 0 Å². The molecule has 1 radical (unpaired) electrons. The van der Waals surface area contributed by atoms with Crippen LogP contribution in [0.4, 0.5) is 0 Å². The van der Waals surface area contributed by atoms with Gasteiger partial charge in [0.2, 0.25) is 0 Å². The van der Waals surface area contributed by atoms with Gasteiger partial charge in [-0.2, -0.15) is 0 Å². The van der Waals surface area contributed by atoms with E-state index in [-0.39, 0.29) is 21.1 Å². The summed E-state index contributed by atoms with van der Waals surface area (Å²) < 4.78 is 14.1. The molecule has 0 aliphatic rings. The van der Waals surface area contributed by atoms with Crippen molar-refractivity contribution < 1.29 is 34.3 Å². The Kier molecular flexibility index (Phi) is 11.3. The summed E-state index contributed by atoms with van der Waals surface area (Å²) in [6, 6.07) is 0. The fourth-order valence-electron chi connectivity index (χ4n) is 0.250. The van der Waals surface area contributed by atoms with Crippen LogP contribution >= 0.6 is 0 Å². The van der Waals surface area contributed by atoms with Crippen LogP contribution in [0.3, 0.4) is 0 Å². The molecule has 0 fully saturated rings. The van der Waals surface area contributed by atoms with Crippen molar-refractivity contribution in [2.75, 3.05) is 21.3 Å². The monoisotopic (exact) mass is 305 g/mol. The molecule has 0 aromatic heterocycles. The van der Waals surface area contributed by atoms with Gasteiger partial charge in [-0.25, -0.2) is 0 Å². The van der Waals surface area contributed by atoms with Crippen LogP contribution in [-0.2, 0) is 34.3 Å². The van der Waals surface area contributed by atoms with E-state index in [4.69, 9.17) is 13.3 Å². The Labute approximate surface area is 65.5 Å². The molecule has 0 aliphatic carbocycles. The van der Waals surface area contributed by atoms with Gasteiger partial charge in [-0.3, -0.25) is 0 Å². The molecule has 0 aromatic carbocycles. The molecule has 0 aliphatic heterocycles. The minimum Gasteiger partial charge on any atom is -0.375 e.